The maximum Gasteiger partial charge on any atom is 0.316 e. The predicted molar refractivity (Wildman–Crippen MR) is 112 cm³/mol. The first-order valence-corrected chi connectivity index (χ1v) is 10.5. The molecule has 5 rings (SSSR count). The fourth-order valence-corrected chi connectivity index (χ4v) is 3.99. The van der Waals surface area contributed by atoms with Gasteiger partial charge < -0.3 is 19.1 Å². The average Bonchev–Trinajstić information content (AvgIpc) is 2.81. The van der Waals surface area contributed by atoms with Crippen LogP contribution in [0, 0.1) is 0 Å². The van der Waals surface area contributed by atoms with Gasteiger partial charge in [-0.25, -0.2) is 19.9 Å². The first-order chi connectivity index (χ1) is 14.8. The Morgan fingerprint density at radius 2 is 1.60 bits per heavy atom. The van der Waals surface area contributed by atoms with Crippen LogP contribution >= 0.6 is 0 Å². The summed E-state index contributed by atoms with van der Waals surface area (Å²) in [5.74, 6) is 0.581. The normalized spacial score (nSPS) is 22.1. The highest BCUT2D eigenvalue weighted by molar-refractivity contribution is 5.79. The smallest absolute Gasteiger partial charge is 0.316 e. The SMILES string of the molecule is c1cnc(OC2CCC(Oc3cnc4cc(N5CCOCC5)ccc4n3)CC2)nc1. The number of morpholine rings is 1. The van der Waals surface area contributed by atoms with Crippen molar-refractivity contribution < 1.29 is 14.2 Å². The number of hydrogen-bond acceptors (Lipinski definition) is 8. The van der Waals surface area contributed by atoms with E-state index in [1.807, 2.05) is 6.07 Å². The number of benzene rings is 1. The van der Waals surface area contributed by atoms with Gasteiger partial charge in [-0.1, -0.05) is 0 Å². The van der Waals surface area contributed by atoms with Crippen molar-refractivity contribution in [2.24, 2.45) is 0 Å². The minimum absolute atomic E-state index is 0.126. The summed E-state index contributed by atoms with van der Waals surface area (Å²) in [6.45, 7) is 3.34. The van der Waals surface area contributed by atoms with Gasteiger partial charge in [0.1, 0.15) is 12.2 Å². The van der Waals surface area contributed by atoms with Crippen LogP contribution in [0.5, 0.6) is 11.9 Å². The Morgan fingerprint density at radius 3 is 2.37 bits per heavy atom. The summed E-state index contributed by atoms with van der Waals surface area (Å²) in [6, 6.07) is 8.43. The van der Waals surface area contributed by atoms with Crippen LogP contribution in [-0.2, 0) is 4.74 Å². The molecule has 2 fully saturated rings. The fraction of sp³-hybridized carbons (Fsp3) is 0.455. The Bertz CT molecular complexity index is 973. The zero-order valence-electron chi connectivity index (χ0n) is 16.8. The molecule has 0 spiro atoms. The Labute approximate surface area is 175 Å². The lowest BCUT2D eigenvalue weighted by Crippen LogP contribution is -2.36. The summed E-state index contributed by atoms with van der Waals surface area (Å²) < 4.78 is 17.4. The van der Waals surface area contributed by atoms with Crippen molar-refractivity contribution in [3.63, 3.8) is 0 Å². The number of ether oxygens (including phenoxy) is 3. The van der Waals surface area contributed by atoms with Crippen molar-refractivity contribution in [3.05, 3.63) is 42.9 Å². The molecule has 3 aromatic rings. The molecule has 8 heteroatoms. The van der Waals surface area contributed by atoms with E-state index in [-0.39, 0.29) is 12.2 Å². The second kappa shape index (κ2) is 8.79. The van der Waals surface area contributed by atoms with Gasteiger partial charge in [-0.15, -0.1) is 0 Å². The molecular formula is C22H25N5O3. The third-order valence-corrected chi connectivity index (χ3v) is 5.60. The van der Waals surface area contributed by atoms with Crippen LogP contribution in [0.25, 0.3) is 11.0 Å². The van der Waals surface area contributed by atoms with Gasteiger partial charge in [0, 0.05) is 31.2 Å². The van der Waals surface area contributed by atoms with Gasteiger partial charge in [0.05, 0.1) is 30.4 Å². The summed E-state index contributed by atoms with van der Waals surface area (Å²) in [4.78, 5) is 19.8. The number of anilines is 1. The lowest BCUT2D eigenvalue weighted by Gasteiger charge is -2.29. The van der Waals surface area contributed by atoms with E-state index < -0.39 is 0 Å². The van der Waals surface area contributed by atoms with E-state index in [1.54, 1.807) is 24.7 Å². The Kier molecular flexibility index (Phi) is 5.56. The average molecular weight is 407 g/mol. The van der Waals surface area contributed by atoms with E-state index in [4.69, 9.17) is 14.2 Å². The molecule has 30 heavy (non-hydrogen) atoms. The van der Waals surface area contributed by atoms with E-state index >= 15 is 0 Å². The largest absolute Gasteiger partial charge is 0.473 e. The zero-order chi connectivity index (χ0) is 20.2. The number of nitrogens with zero attached hydrogens (tertiary/aromatic N) is 5. The summed E-state index contributed by atoms with van der Waals surface area (Å²) in [6.07, 6.45) is 9.01. The molecule has 2 aliphatic rings. The Morgan fingerprint density at radius 1 is 0.867 bits per heavy atom. The van der Waals surface area contributed by atoms with Crippen LogP contribution in [-0.4, -0.2) is 58.4 Å². The molecule has 1 saturated carbocycles. The molecule has 1 aliphatic heterocycles. The van der Waals surface area contributed by atoms with E-state index in [0.717, 1.165) is 68.7 Å². The summed E-state index contributed by atoms with van der Waals surface area (Å²) in [7, 11) is 0. The van der Waals surface area contributed by atoms with Gasteiger partial charge in [-0.2, -0.15) is 0 Å². The molecule has 1 saturated heterocycles. The summed E-state index contributed by atoms with van der Waals surface area (Å²) in [5, 5.41) is 0. The van der Waals surface area contributed by atoms with Crippen molar-refractivity contribution in [3.8, 4) is 11.9 Å². The van der Waals surface area contributed by atoms with Gasteiger partial charge in [0.2, 0.25) is 5.88 Å². The van der Waals surface area contributed by atoms with Gasteiger partial charge in [-0.3, -0.25) is 0 Å². The third kappa shape index (κ3) is 4.43. The molecule has 8 nitrogen and oxygen atoms in total. The molecule has 0 bridgehead atoms. The standard InChI is InChI=1S/C22H25N5O3/c1-8-23-22(24-9-1)30-18-5-3-17(4-6-18)29-21-15-25-20-14-16(2-7-19(20)26-21)27-10-12-28-13-11-27/h1-2,7-9,14-15,17-18H,3-6,10-13H2. The highest BCUT2D eigenvalue weighted by Gasteiger charge is 2.25. The monoisotopic (exact) mass is 407 g/mol. The highest BCUT2D eigenvalue weighted by Crippen LogP contribution is 2.27. The topological polar surface area (TPSA) is 82.5 Å². The van der Waals surface area contributed by atoms with Crippen molar-refractivity contribution in [2.45, 2.75) is 37.9 Å². The highest BCUT2D eigenvalue weighted by atomic mass is 16.5. The van der Waals surface area contributed by atoms with Crippen LogP contribution in [0.3, 0.4) is 0 Å². The summed E-state index contributed by atoms with van der Waals surface area (Å²) in [5.41, 5.74) is 2.89. The van der Waals surface area contributed by atoms with Crippen LogP contribution in [0.15, 0.2) is 42.9 Å². The maximum absolute atomic E-state index is 6.12. The zero-order valence-corrected chi connectivity index (χ0v) is 16.8. The Hall–Kier alpha value is -3.00. The van der Waals surface area contributed by atoms with Crippen molar-refractivity contribution in [1.29, 1.82) is 0 Å². The molecule has 0 unspecified atom stereocenters. The quantitative estimate of drug-likeness (QED) is 0.638. The van der Waals surface area contributed by atoms with Crippen LogP contribution in [0.1, 0.15) is 25.7 Å². The summed E-state index contributed by atoms with van der Waals surface area (Å²) >= 11 is 0. The van der Waals surface area contributed by atoms with Gasteiger partial charge in [0.25, 0.3) is 0 Å². The lowest BCUT2D eigenvalue weighted by atomic mass is 9.95. The molecule has 0 atom stereocenters. The predicted octanol–water partition coefficient (Wildman–Crippen LogP) is 3.03. The molecule has 156 valence electrons. The van der Waals surface area contributed by atoms with E-state index in [9.17, 15) is 0 Å². The first-order valence-electron chi connectivity index (χ1n) is 10.5. The van der Waals surface area contributed by atoms with Crippen LogP contribution < -0.4 is 14.4 Å². The second-order valence-corrected chi connectivity index (χ2v) is 7.65. The maximum atomic E-state index is 6.12. The first kappa shape index (κ1) is 19.0. The van der Waals surface area contributed by atoms with E-state index in [1.165, 1.54) is 0 Å². The van der Waals surface area contributed by atoms with Crippen molar-refractivity contribution in [1.82, 2.24) is 19.9 Å². The number of hydrogen-bond donors (Lipinski definition) is 0. The van der Waals surface area contributed by atoms with Gasteiger partial charge in [-0.05, 0) is 49.9 Å². The molecule has 1 aliphatic carbocycles. The number of rotatable bonds is 5. The molecule has 0 N–H and O–H groups in total. The molecule has 3 heterocycles. The minimum atomic E-state index is 0.126. The van der Waals surface area contributed by atoms with Crippen molar-refractivity contribution >= 4 is 16.7 Å². The molecule has 0 radical (unpaired) electrons. The van der Waals surface area contributed by atoms with E-state index in [0.29, 0.717) is 11.9 Å². The minimum Gasteiger partial charge on any atom is -0.473 e. The molecule has 1 aromatic carbocycles. The number of aromatic nitrogens is 4. The third-order valence-electron chi connectivity index (χ3n) is 5.60. The Balaban J connectivity index is 1.18. The lowest BCUT2D eigenvalue weighted by molar-refractivity contribution is 0.0725. The van der Waals surface area contributed by atoms with E-state index in [2.05, 4.69) is 37.0 Å². The fourth-order valence-electron chi connectivity index (χ4n) is 3.99. The van der Waals surface area contributed by atoms with Crippen LogP contribution in [0.4, 0.5) is 5.69 Å². The number of fused-ring (bicyclic) bond motifs is 1. The van der Waals surface area contributed by atoms with Gasteiger partial charge in [0.15, 0.2) is 0 Å². The molecule has 0 amide bonds. The molecular weight excluding hydrogens is 382 g/mol. The second-order valence-electron chi connectivity index (χ2n) is 7.65. The molecule has 2 aromatic heterocycles. The van der Waals surface area contributed by atoms with Crippen LogP contribution in [0.2, 0.25) is 0 Å². The van der Waals surface area contributed by atoms with Crippen molar-refractivity contribution in [2.75, 3.05) is 31.2 Å². The van der Waals surface area contributed by atoms with Gasteiger partial charge >= 0.3 is 6.01 Å².